The molecule has 178 valence electrons. The molecule has 2 N–H and O–H groups in total. The van der Waals surface area contributed by atoms with Crippen LogP contribution in [0.5, 0.6) is 5.88 Å². The highest BCUT2D eigenvalue weighted by Crippen LogP contribution is 2.37. The van der Waals surface area contributed by atoms with Gasteiger partial charge in [-0.25, -0.2) is 4.98 Å². The monoisotopic (exact) mass is 500 g/mol. The lowest BCUT2D eigenvalue weighted by Crippen LogP contribution is -2.22. The number of non-ortho nitro benzene ring substituents is 1. The standard InChI is InChI=1S/C24H16N6O5S/c31-20(27-28-21-17-12-15(30(34)35)10-11-19(17)25-22(21)32)13-36-24-26-18-9-5-4-8-16(18)23(33)29(24)14-6-2-1-3-7-14/h1-12,25,32H,13H2. The highest BCUT2D eigenvalue weighted by atomic mass is 32.2. The number of fused-ring (bicyclic) bond motifs is 2. The van der Waals surface area contributed by atoms with Crippen LogP contribution in [-0.4, -0.2) is 36.2 Å². The van der Waals surface area contributed by atoms with Crippen molar-refractivity contribution in [2.75, 3.05) is 5.75 Å². The molecule has 0 aliphatic heterocycles. The van der Waals surface area contributed by atoms with Crippen LogP contribution in [-0.2, 0) is 4.79 Å². The number of carbonyl (C=O) groups excluding carboxylic acids is 1. The van der Waals surface area contributed by atoms with Crippen LogP contribution in [0.25, 0.3) is 27.5 Å². The van der Waals surface area contributed by atoms with Crippen molar-refractivity contribution in [1.82, 2.24) is 14.5 Å². The predicted octanol–water partition coefficient (Wildman–Crippen LogP) is 4.88. The number of benzene rings is 3. The molecule has 0 atom stereocenters. The highest BCUT2D eigenvalue weighted by molar-refractivity contribution is 7.99. The smallest absolute Gasteiger partial charge is 0.275 e. The summed E-state index contributed by atoms with van der Waals surface area (Å²) in [6, 6.07) is 19.8. The Labute approximate surface area is 206 Å². The van der Waals surface area contributed by atoms with Gasteiger partial charge in [0.2, 0.25) is 5.88 Å². The van der Waals surface area contributed by atoms with E-state index in [0.29, 0.717) is 27.3 Å². The summed E-state index contributed by atoms with van der Waals surface area (Å²) in [6.07, 6.45) is 0. The number of aromatic nitrogens is 3. The number of nitro benzene ring substituents is 1. The fraction of sp³-hybridized carbons (Fsp3) is 0.0417. The average molecular weight is 500 g/mol. The second-order valence-corrected chi connectivity index (χ2v) is 8.52. The van der Waals surface area contributed by atoms with Crippen LogP contribution < -0.4 is 5.56 Å². The molecule has 2 heterocycles. The number of nitro groups is 1. The minimum atomic E-state index is -0.652. The number of nitrogens with zero attached hydrogens (tertiary/aromatic N) is 5. The van der Waals surface area contributed by atoms with E-state index in [-0.39, 0.29) is 34.0 Å². The molecule has 12 heteroatoms. The molecule has 36 heavy (non-hydrogen) atoms. The normalized spacial score (nSPS) is 11.4. The molecule has 3 aromatic carbocycles. The second-order valence-electron chi connectivity index (χ2n) is 7.58. The van der Waals surface area contributed by atoms with Gasteiger partial charge in [0.1, 0.15) is 0 Å². The molecule has 0 fully saturated rings. The highest BCUT2D eigenvalue weighted by Gasteiger charge is 2.17. The lowest BCUT2D eigenvalue weighted by molar-refractivity contribution is -0.384. The van der Waals surface area contributed by atoms with Gasteiger partial charge in [0.15, 0.2) is 10.8 Å². The zero-order valence-electron chi connectivity index (χ0n) is 18.4. The third kappa shape index (κ3) is 4.32. The summed E-state index contributed by atoms with van der Waals surface area (Å²) in [5.41, 5.74) is 0.951. The Morgan fingerprint density at radius 2 is 1.83 bits per heavy atom. The van der Waals surface area contributed by atoms with Gasteiger partial charge in [-0.1, -0.05) is 42.1 Å². The average Bonchev–Trinajstić information content (AvgIpc) is 3.20. The number of thioether (sulfide) groups is 1. The Morgan fingerprint density at radius 1 is 1.08 bits per heavy atom. The molecule has 1 amide bonds. The van der Waals surface area contributed by atoms with Gasteiger partial charge < -0.3 is 10.1 Å². The molecule has 0 spiro atoms. The molecule has 0 aliphatic rings. The Kier molecular flexibility index (Phi) is 6.00. The van der Waals surface area contributed by atoms with Crippen molar-refractivity contribution in [3.8, 4) is 11.6 Å². The summed E-state index contributed by atoms with van der Waals surface area (Å²) in [4.78, 5) is 43.5. The molecule has 5 aromatic rings. The first-order valence-corrected chi connectivity index (χ1v) is 11.5. The predicted molar refractivity (Wildman–Crippen MR) is 134 cm³/mol. The number of amides is 1. The SMILES string of the molecule is O=C(CSc1nc2ccccc2c(=O)n1-c1ccccc1)N=Nc1c(O)[nH]c2ccc([N+](=O)[O-])cc12. The zero-order chi connectivity index (χ0) is 25.2. The van der Waals surface area contributed by atoms with E-state index in [1.807, 2.05) is 6.07 Å². The van der Waals surface area contributed by atoms with Gasteiger partial charge in [0, 0.05) is 17.5 Å². The summed E-state index contributed by atoms with van der Waals surface area (Å²) in [7, 11) is 0. The minimum Gasteiger partial charge on any atom is -0.493 e. The van der Waals surface area contributed by atoms with Crippen molar-refractivity contribution >= 4 is 50.8 Å². The Morgan fingerprint density at radius 3 is 2.61 bits per heavy atom. The van der Waals surface area contributed by atoms with E-state index in [0.717, 1.165) is 11.8 Å². The Balaban J connectivity index is 1.44. The first-order chi connectivity index (χ1) is 17.4. The summed E-state index contributed by atoms with van der Waals surface area (Å²) >= 11 is 1.02. The maximum absolute atomic E-state index is 13.2. The number of carbonyl (C=O) groups is 1. The largest absolute Gasteiger partial charge is 0.493 e. The number of hydrogen-bond donors (Lipinski definition) is 2. The molecular weight excluding hydrogens is 484 g/mol. The van der Waals surface area contributed by atoms with E-state index in [4.69, 9.17) is 0 Å². The number of aromatic hydroxyl groups is 1. The number of hydrogen-bond acceptors (Lipinski definition) is 8. The molecule has 0 aliphatic carbocycles. The molecule has 0 unspecified atom stereocenters. The quantitative estimate of drug-likeness (QED) is 0.111. The van der Waals surface area contributed by atoms with E-state index >= 15 is 0 Å². The third-order valence-electron chi connectivity index (χ3n) is 5.29. The zero-order valence-corrected chi connectivity index (χ0v) is 19.2. The van der Waals surface area contributed by atoms with Crippen LogP contribution in [0.4, 0.5) is 11.4 Å². The van der Waals surface area contributed by atoms with Gasteiger partial charge in [0.25, 0.3) is 17.2 Å². The Hall–Kier alpha value is -4.84. The second kappa shape index (κ2) is 9.43. The van der Waals surface area contributed by atoms with Crippen LogP contribution in [0, 0.1) is 10.1 Å². The van der Waals surface area contributed by atoms with Crippen molar-refractivity contribution in [1.29, 1.82) is 0 Å². The van der Waals surface area contributed by atoms with Crippen LogP contribution in [0.15, 0.2) is 93.0 Å². The van der Waals surface area contributed by atoms with Gasteiger partial charge in [-0.3, -0.25) is 24.3 Å². The van der Waals surface area contributed by atoms with Crippen molar-refractivity contribution in [2.45, 2.75) is 5.16 Å². The fourth-order valence-corrected chi connectivity index (χ4v) is 4.43. The van der Waals surface area contributed by atoms with Crippen molar-refractivity contribution in [3.63, 3.8) is 0 Å². The van der Waals surface area contributed by atoms with Crippen molar-refractivity contribution in [3.05, 3.63) is 93.3 Å². The molecule has 5 rings (SSSR count). The minimum absolute atomic E-state index is 0.0860. The number of rotatable bonds is 6. The molecule has 11 nitrogen and oxygen atoms in total. The lowest BCUT2D eigenvalue weighted by atomic mass is 10.2. The topological polar surface area (TPSA) is 156 Å². The van der Waals surface area contributed by atoms with Gasteiger partial charge in [-0.2, -0.15) is 0 Å². The van der Waals surface area contributed by atoms with Gasteiger partial charge in [0.05, 0.1) is 32.8 Å². The van der Waals surface area contributed by atoms with Gasteiger partial charge in [-0.05, 0) is 30.3 Å². The third-order valence-corrected chi connectivity index (χ3v) is 6.22. The van der Waals surface area contributed by atoms with Crippen molar-refractivity contribution in [2.24, 2.45) is 10.2 Å². The number of para-hydroxylation sites is 2. The lowest BCUT2D eigenvalue weighted by Gasteiger charge is -2.12. The number of H-pyrrole nitrogens is 1. The molecule has 0 saturated heterocycles. The molecular formula is C24H16N6O5S. The number of aromatic amines is 1. The van der Waals surface area contributed by atoms with E-state index in [1.54, 1.807) is 48.5 Å². The molecule has 0 bridgehead atoms. The van der Waals surface area contributed by atoms with Gasteiger partial charge >= 0.3 is 0 Å². The van der Waals surface area contributed by atoms with Crippen LogP contribution >= 0.6 is 11.8 Å². The Bertz CT molecular complexity index is 1730. The van der Waals surface area contributed by atoms with Gasteiger partial charge in [-0.15, -0.1) is 10.2 Å². The summed E-state index contributed by atoms with van der Waals surface area (Å²) in [5.74, 6) is -1.21. The fourth-order valence-electron chi connectivity index (χ4n) is 3.64. The van der Waals surface area contributed by atoms with Crippen LogP contribution in [0.2, 0.25) is 0 Å². The molecule has 0 radical (unpaired) electrons. The van der Waals surface area contributed by atoms with E-state index < -0.39 is 10.8 Å². The van der Waals surface area contributed by atoms with E-state index in [2.05, 4.69) is 20.2 Å². The van der Waals surface area contributed by atoms with Crippen LogP contribution in [0.3, 0.4) is 0 Å². The maximum atomic E-state index is 13.2. The summed E-state index contributed by atoms with van der Waals surface area (Å²) in [6.45, 7) is 0. The van der Waals surface area contributed by atoms with E-state index in [1.165, 1.54) is 22.8 Å². The number of nitrogens with one attached hydrogen (secondary N) is 1. The summed E-state index contributed by atoms with van der Waals surface area (Å²) < 4.78 is 1.43. The van der Waals surface area contributed by atoms with Crippen LogP contribution in [0.1, 0.15) is 0 Å². The maximum Gasteiger partial charge on any atom is 0.275 e. The number of azo groups is 1. The molecule has 0 saturated carbocycles. The van der Waals surface area contributed by atoms with E-state index in [9.17, 15) is 24.8 Å². The summed E-state index contributed by atoms with van der Waals surface area (Å²) in [5, 5.41) is 29.7. The van der Waals surface area contributed by atoms with Crippen molar-refractivity contribution < 1.29 is 14.8 Å². The molecule has 2 aromatic heterocycles. The first kappa shape index (κ1) is 22.9. The first-order valence-electron chi connectivity index (χ1n) is 10.6.